The molecule has 2 saturated carbocycles. The lowest BCUT2D eigenvalue weighted by atomic mass is 9.50. The van der Waals surface area contributed by atoms with Crippen LogP contribution in [0.2, 0.25) is 0 Å². The maximum Gasteiger partial charge on any atom is 0.300 e. The molecule has 1 spiro atoms. The average Bonchev–Trinajstić information content (AvgIpc) is 3.42. The summed E-state index contributed by atoms with van der Waals surface area (Å²) in [6, 6.07) is 6.51. The molecule has 11 nitrogen and oxygen atoms in total. The zero-order valence-corrected chi connectivity index (χ0v) is 20.0. The number of ether oxygens (including phenoxy) is 1. The second-order valence-corrected chi connectivity index (χ2v) is 11.4. The number of aromatic nitrogens is 2. The van der Waals surface area contributed by atoms with Crippen molar-refractivity contribution in [2.24, 2.45) is 11.8 Å². The predicted molar refractivity (Wildman–Crippen MR) is 131 cm³/mol. The van der Waals surface area contributed by atoms with Gasteiger partial charge < -0.3 is 20.3 Å². The molecular weight excluding hydrogens is 478 g/mol. The number of aromatic hydroxyl groups is 1. The topological polar surface area (TPSA) is 147 Å². The number of nitrogens with one attached hydrogen (secondary N) is 1. The third kappa shape index (κ3) is 2.84. The molecule has 192 valence electrons. The van der Waals surface area contributed by atoms with E-state index in [0.717, 1.165) is 37.4 Å². The minimum atomic E-state index is -0.727. The summed E-state index contributed by atoms with van der Waals surface area (Å²) in [5.74, 6) is 1.66. The van der Waals surface area contributed by atoms with Gasteiger partial charge in [0.2, 0.25) is 5.52 Å². The number of fused-ring (bicyclic) bond motifs is 1. The highest BCUT2D eigenvalue weighted by atomic mass is 16.6. The Bertz CT molecular complexity index is 1450. The maximum absolute atomic E-state index is 11.6. The minimum Gasteiger partial charge on any atom is -0.504 e. The van der Waals surface area contributed by atoms with Gasteiger partial charge in [0.15, 0.2) is 17.0 Å². The summed E-state index contributed by atoms with van der Waals surface area (Å²) in [6.45, 7) is 2.07. The lowest BCUT2D eigenvalue weighted by molar-refractivity contribution is -0.383. The van der Waals surface area contributed by atoms with E-state index in [2.05, 4.69) is 20.5 Å². The standard InChI is InChI=1S/C26H27N5O6/c32-18-6-3-13-9-17-14-10-19(33)23(27-15-4-5-16(31(34)35)22-21(15)28-37-29-22)25-26(14,20(13)24(18)36-25)7-8-30(17)11-12-1-2-12/h3-6,12,14,17,19,23,25,27,32-33H,1-2,7-11H2/t14-,17+,19?,23-,25-,26-/m0/s1. The van der Waals surface area contributed by atoms with Gasteiger partial charge in [-0.25, -0.2) is 4.63 Å². The number of piperidine rings is 1. The molecule has 0 amide bonds. The number of hydrogen-bond acceptors (Lipinski definition) is 10. The first kappa shape index (κ1) is 21.6. The van der Waals surface area contributed by atoms with Crippen LogP contribution in [0.3, 0.4) is 0 Å². The van der Waals surface area contributed by atoms with Gasteiger partial charge in [-0.3, -0.25) is 15.0 Å². The number of benzene rings is 2. The Balaban J connectivity index is 1.22. The van der Waals surface area contributed by atoms with E-state index in [4.69, 9.17) is 9.37 Å². The smallest absolute Gasteiger partial charge is 0.300 e. The van der Waals surface area contributed by atoms with Crippen molar-refractivity contribution in [2.75, 3.05) is 18.4 Å². The first-order valence-corrected chi connectivity index (χ1v) is 13.1. The van der Waals surface area contributed by atoms with Crippen molar-refractivity contribution in [1.82, 2.24) is 15.2 Å². The Hall–Kier alpha value is -3.44. The lowest BCUT2D eigenvalue weighted by Crippen LogP contribution is -2.70. The van der Waals surface area contributed by atoms with E-state index in [1.54, 1.807) is 12.1 Å². The van der Waals surface area contributed by atoms with Crippen LogP contribution in [0.1, 0.15) is 36.8 Å². The van der Waals surface area contributed by atoms with Crippen molar-refractivity contribution < 1.29 is 24.5 Å². The van der Waals surface area contributed by atoms with E-state index in [1.165, 1.54) is 24.5 Å². The number of aliphatic hydroxyl groups is 1. The van der Waals surface area contributed by atoms with E-state index in [9.17, 15) is 20.3 Å². The number of anilines is 1. The van der Waals surface area contributed by atoms with Gasteiger partial charge in [0, 0.05) is 29.6 Å². The second kappa shape index (κ2) is 7.32. The molecule has 3 heterocycles. The summed E-state index contributed by atoms with van der Waals surface area (Å²) in [7, 11) is 0. The molecule has 5 aliphatic rings. The number of likely N-dealkylation sites (tertiary alicyclic amines) is 1. The van der Waals surface area contributed by atoms with Gasteiger partial charge in [-0.2, -0.15) is 0 Å². The molecule has 8 rings (SSSR count). The first-order chi connectivity index (χ1) is 18.0. The highest BCUT2D eigenvalue weighted by molar-refractivity contribution is 5.93. The summed E-state index contributed by atoms with van der Waals surface area (Å²) < 4.78 is 11.4. The number of rotatable bonds is 5. The SMILES string of the molecule is O=[N+]([O-])c1ccc(N[C@H]2C(O)C[C@H]3[C@H]4Cc5ccc(O)c6c5[C@@]3(CCN4CC3CC3)[C@H]2O6)c2nonc12. The molecule has 6 atom stereocenters. The van der Waals surface area contributed by atoms with Crippen molar-refractivity contribution in [1.29, 1.82) is 0 Å². The van der Waals surface area contributed by atoms with Crippen LogP contribution < -0.4 is 10.1 Å². The number of nitro groups is 1. The van der Waals surface area contributed by atoms with Gasteiger partial charge in [-0.1, -0.05) is 6.07 Å². The molecule has 3 N–H and O–H groups in total. The molecule has 2 aromatic carbocycles. The molecule has 1 aromatic heterocycles. The number of nitrogens with zero attached hydrogens (tertiary/aromatic N) is 4. The van der Waals surface area contributed by atoms with Crippen LogP contribution >= 0.6 is 0 Å². The van der Waals surface area contributed by atoms with Crippen molar-refractivity contribution in [2.45, 2.75) is 61.8 Å². The van der Waals surface area contributed by atoms with Gasteiger partial charge in [0.05, 0.1) is 22.8 Å². The van der Waals surface area contributed by atoms with Crippen LogP contribution in [0.5, 0.6) is 11.5 Å². The summed E-state index contributed by atoms with van der Waals surface area (Å²) in [5, 5.41) is 44.9. The van der Waals surface area contributed by atoms with E-state index >= 15 is 0 Å². The van der Waals surface area contributed by atoms with E-state index in [1.807, 2.05) is 6.07 Å². The molecule has 2 bridgehead atoms. The molecule has 3 aliphatic carbocycles. The zero-order chi connectivity index (χ0) is 25.1. The molecule has 3 aromatic rings. The number of phenols is 1. The molecular formula is C26H27N5O6. The summed E-state index contributed by atoms with van der Waals surface area (Å²) in [5.41, 5.74) is 2.60. The number of hydrogen-bond donors (Lipinski definition) is 3. The quantitative estimate of drug-likeness (QED) is 0.349. The number of aliphatic hydroxyl groups excluding tert-OH is 1. The van der Waals surface area contributed by atoms with Crippen LogP contribution in [0.15, 0.2) is 28.9 Å². The third-order valence-corrected chi connectivity index (χ3v) is 9.62. The van der Waals surface area contributed by atoms with Gasteiger partial charge in [-0.05, 0) is 78.5 Å². The summed E-state index contributed by atoms with van der Waals surface area (Å²) in [6.07, 6.45) is 3.85. The third-order valence-electron chi connectivity index (χ3n) is 9.62. The molecule has 0 radical (unpaired) electrons. The fourth-order valence-corrected chi connectivity index (χ4v) is 7.92. The highest BCUT2D eigenvalue weighted by Gasteiger charge is 2.67. The Morgan fingerprint density at radius 2 is 2.05 bits per heavy atom. The van der Waals surface area contributed by atoms with Crippen LogP contribution in [-0.2, 0) is 11.8 Å². The largest absolute Gasteiger partial charge is 0.504 e. The maximum atomic E-state index is 11.6. The zero-order valence-electron chi connectivity index (χ0n) is 20.0. The normalized spacial score (nSPS) is 33.7. The van der Waals surface area contributed by atoms with Crippen molar-refractivity contribution in [3.05, 3.63) is 45.5 Å². The van der Waals surface area contributed by atoms with Crippen LogP contribution in [0.25, 0.3) is 11.0 Å². The molecule has 3 fully saturated rings. The summed E-state index contributed by atoms with van der Waals surface area (Å²) >= 11 is 0. The van der Waals surface area contributed by atoms with Crippen molar-refractivity contribution in [3.8, 4) is 11.5 Å². The average molecular weight is 506 g/mol. The second-order valence-electron chi connectivity index (χ2n) is 11.4. The van der Waals surface area contributed by atoms with E-state index in [0.29, 0.717) is 23.9 Å². The van der Waals surface area contributed by atoms with E-state index < -0.39 is 23.2 Å². The van der Waals surface area contributed by atoms with Crippen LogP contribution in [-0.4, -0.2) is 67.7 Å². The van der Waals surface area contributed by atoms with Crippen LogP contribution in [0, 0.1) is 22.0 Å². The first-order valence-electron chi connectivity index (χ1n) is 13.1. The van der Waals surface area contributed by atoms with Gasteiger partial charge >= 0.3 is 5.69 Å². The fourth-order valence-electron chi connectivity index (χ4n) is 7.92. The van der Waals surface area contributed by atoms with Crippen LogP contribution in [0.4, 0.5) is 11.4 Å². The van der Waals surface area contributed by atoms with Gasteiger partial charge in [0.1, 0.15) is 6.10 Å². The van der Waals surface area contributed by atoms with Crippen molar-refractivity contribution in [3.63, 3.8) is 0 Å². The molecule has 37 heavy (non-hydrogen) atoms. The number of phenolic OH excluding ortho intramolecular Hbond substituents is 1. The highest BCUT2D eigenvalue weighted by Crippen LogP contribution is 2.64. The Morgan fingerprint density at radius 3 is 2.86 bits per heavy atom. The molecule has 1 saturated heterocycles. The summed E-state index contributed by atoms with van der Waals surface area (Å²) in [4.78, 5) is 13.6. The number of nitro benzene ring substituents is 1. The minimum absolute atomic E-state index is 0.0537. The monoisotopic (exact) mass is 505 g/mol. The number of non-ortho nitro benzene ring substituents is 1. The Morgan fingerprint density at radius 1 is 1.22 bits per heavy atom. The molecule has 1 unspecified atom stereocenters. The Kier molecular flexibility index (Phi) is 4.28. The van der Waals surface area contributed by atoms with E-state index in [-0.39, 0.29) is 33.8 Å². The predicted octanol–water partition coefficient (Wildman–Crippen LogP) is 2.74. The molecule has 11 heteroatoms. The van der Waals surface area contributed by atoms with Gasteiger partial charge in [0.25, 0.3) is 0 Å². The van der Waals surface area contributed by atoms with Crippen molar-refractivity contribution >= 4 is 22.4 Å². The lowest BCUT2D eigenvalue weighted by Gasteiger charge is -2.60. The fraction of sp³-hybridized carbons (Fsp3) is 0.538. The Labute approximate surface area is 211 Å². The van der Waals surface area contributed by atoms with Gasteiger partial charge in [-0.15, -0.1) is 0 Å². The molecule has 2 aliphatic heterocycles.